The number of hydrogen-bond acceptors (Lipinski definition) is 3. The van der Waals surface area contributed by atoms with Crippen LogP contribution in [0.4, 0.5) is 0 Å². The highest BCUT2D eigenvalue weighted by atomic mass is 35.5. The first-order valence-electron chi connectivity index (χ1n) is 6.76. The Morgan fingerprint density at radius 3 is 2.45 bits per heavy atom. The molecule has 0 saturated heterocycles. The monoisotopic (exact) mass is 337 g/mol. The van der Waals surface area contributed by atoms with Crippen LogP contribution in [0.3, 0.4) is 0 Å². The Labute approximate surface area is 137 Å². The minimum absolute atomic E-state index is 0.281. The molecule has 1 aliphatic rings. The van der Waals surface area contributed by atoms with E-state index in [0.29, 0.717) is 35.6 Å². The molecular formula is C16H13Cl2NO3. The Balaban J connectivity index is 1.71. The lowest BCUT2D eigenvalue weighted by molar-refractivity contribution is 0.0951. The van der Waals surface area contributed by atoms with Gasteiger partial charge in [0.1, 0.15) is 13.2 Å². The fourth-order valence-corrected chi connectivity index (χ4v) is 2.75. The summed E-state index contributed by atoms with van der Waals surface area (Å²) in [6, 6.07) is 10.5. The van der Waals surface area contributed by atoms with Crippen LogP contribution in [0.1, 0.15) is 15.9 Å². The minimum Gasteiger partial charge on any atom is -0.486 e. The molecule has 0 radical (unpaired) electrons. The van der Waals surface area contributed by atoms with Gasteiger partial charge in [0, 0.05) is 6.54 Å². The van der Waals surface area contributed by atoms with Crippen LogP contribution >= 0.6 is 23.2 Å². The number of fused-ring (bicyclic) bond motifs is 1. The van der Waals surface area contributed by atoms with E-state index < -0.39 is 0 Å². The Morgan fingerprint density at radius 2 is 1.73 bits per heavy atom. The number of ether oxygens (including phenoxy) is 2. The van der Waals surface area contributed by atoms with Crippen LogP contribution in [0.5, 0.6) is 11.5 Å². The largest absolute Gasteiger partial charge is 0.486 e. The zero-order valence-electron chi connectivity index (χ0n) is 11.6. The van der Waals surface area contributed by atoms with Crippen LogP contribution in [-0.2, 0) is 6.54 Å². The van der Waals surface area contributed by atoms with Gasteiger partial charge in [-0.2, -0.15) is 0 Å². The Bertz CT molecular complexity index is 698. The van der Waals surface area contributed by atoms with Gasteiger partial charge in [-0.15, -0.1) is 0 Å². The Kier molecular flexibility index (Phi) is 4.41. The third-order valence-corrected chi connectivity index (χ3v) is 3.88. The number of hydrogen-bond donors (Lipinski definition) is 1. The predicted molar refractivity (Wildman–Crippen MR) is 85.1 cm³/mol. The van der Waals surface area contributed by atoms with Crippen molar-refractivity contribution < 1.29 is 14.3 Å². The molecule has 0 unspecified atom stereocenters. The molecule has 22 heavy (non-hydrogen) atoms. The molecule has 3 rings (SSSR count). The maximum absolute atomic E-state index is 12.2. The number of benzene rings is 2. The van der Waals surface area contributed by atoms with E-state index >= 15 is 0 Å². The summed E-state index contributed by atoms with van der Waals surface area (Å²) in [5, 5.41) is 3.45. The highest BCUT2D eigenvalue weighted by Crippen LogP contribution is 2.30. The van der Waals surface area contributed by atoms with Gasteiger partial charge in [-0.05, 0) is 29.8 Å². The standard InChI is InChI=1S/C16H13Cl2NO3/c17-11-2-1-3-12(18)15(11)16(20)19-9-10-4-5-13-14(8-10)22-7-6-21-13/h1-5,8H,6-7,9H2,(H,19,20). The molecule has 4 nitrogen and oxygen atoms in total. The maximum Gasteiger partial charge on any atom is 0.254 e. The second kappa shape index (κ2) is 6.46. The molecular weight excluding hydrogens is 325 g/mol. The number of nitrogens with one attached hydrogen (secondary N) is 1. The Hall–Kier alpha value is -1.91. The van der Waals surface area contributed by atoms with Gasteiger partial charge in [-0.1, -0.05) is 35.3 Å². The van der Waals surface area contributed by atoms with Crippen molar-refractivity contribution in [2.75, 3.05) is 13.2 Å². The maximum atomic E-state index is 12.2. The molecule has 2 aromatic rings. The highest BCUT2D eigenvalue weighted by Gasteiger charge is 2.15. The summed E-state index contributed by atoms with van der Waals surface area (Å²) in [5.41, 5.74) is 1.18. The van der Waals surface area contributed by atoms with Crippen molar-refractivity contribution in [2.45, 2.75) is 6.54 Å². The van der Waals surface area contributed by atoms with Crippen LogP contribution in [-0.4, -0.2) is 19.1 Å². The molecule has 114 valence electrons. The molecule has 0 saturated carbocycles. The molecule has 0 aromatic heterocycles. The highest BCUT2D eigenvalue weighted by molar-refractivity contribution is 6.39. The quantitative estimate of drug-likeness (QED) is 0.928. The molecule has 0 bridgehead atoms. The van der Waals surface area contributed by atoms with Crippen LogP contribution in [0.15, 0.2) is 36.4 Å². The van der Waals surface area contributed by atoms with Gasteiger partial charge in [-0.25, -0.2) is 0 Å². The second-order valence-corrected chi connectivity index (χ2v) is 5.57. The molecule has 0 atom stereocenters. The summed E-state index contributed by atoms with van der Waals surface area (Å²) in [6.45, 7) is 1.42. The molecule has 1 heterocycles. The van der Waals surface area contributed by atoms with Gasteiger partial charge in [0.05, 0.1) is 15.6 Å². The van der Waals surface area contributed by atoms with Crippen molar-refractivity contribution in [1.82, 2.24) is 5.32 Å². The summed E-state index contributed by atoms with van der Waals surface area (Å²) < 4.78 is 11.0. The molecule has 0 aliphatic carbocycles. The summed E-state index contributed by atoms with van der Waals surface area (Å²) in [5.74, 6) is 1.09. The van der Waals surface area contributed by atoms with E-state index in [1.54, 1.807) is 18.2 Å². The van der Waals surface area contributed by atoms with Crippen LogP contribution in [0, 0.1) is 0 Å². The van der Waals surface area contributed by atoms with Gasteiger partial charge in [0.15, 0.2) is 11.5 Å². The number of halogens is 2. The molecule has 6 heteroatoms. The fraction of sp³-hybridized carbons (Fsp3) is 0.188. The summed E-state index contributed by atoms with van der Waals surface area (Å²) >= 11 is 12.0. The van der Waals surface area contributed by atoms with Crippen LogP contribution < -0.4 is 14.8 Å². The minimum atomic E-state index is -0.314. The molecule has 2 aromatic carbocycles. The van der Waals surface area contributed by atoms with E-state index in [2.05, 4.69) is 5.32 Å². The number of carbonyl (C=O) groups is 1. The molecule has 1 N–H and O–H groups in total. The van der Waals surface area contributed by atoms with Gasteiger partial charge in [0.2, 0.25) is 0 Å². The molecule has 0 spiro atoms. The third-order valence-electron chi connectivity index (χ3n) is 3.25. The van der Waals surface area contributed by atoms with Crippen LogP contribution in [0.2, 0.25) is 10.0 Å². The summed E-state index contributed by atoms with van der Waals surface area (Å²) in [6.07, 6.45) is 0. The van der Waals surface area contributed by atoms with E-state index in [1.165, 1.54) is 0 Å². The van der Waals surface area contributed by atoms with Crippen molar-refractivity contribution in [2.24, 2.45) is 0 Å². The van der Waals surface area contributed by atoms with E-state index in [1.807, 2.05) is 18.2 Å². The lowest BCUT2D eigenvalue weighted by Gasteiger charge is -2.19. The van der Waals surface area contributed by atoms with E-state index in [-0.39, 0.29) is 11.5 Å². The van der Waals surface area contributed by atoms with Gasteiger partial charge in [-0.3, -0.25) is 4.79 Å². The van der Waals surface area contributed by atoms with Crippen molar-refractivity contribution >= 4 is 29.1 Å². The third kappa shape index (κ3) is 3.13. The first-order valence-corrected chi connectivity index (χ1v) is 7.51. The van der Waals surface area contributed by atoms with Crippen LogP contribution in [0.25, 0.3) is 0 Å². The normalized spacial score (nSPS) is 12.8. The lowest BCUT2D eigenvalue weighted by atomic mass is 10.1. The van der Waals surface area contributed by atoms with E-state index in [0.717, 1.165) is 11.3 Å². The van der Waals surface area contributed by atoms with Crippen molar-refractivity contribution in [3.05, 3.63) is 57.6 Å². The Morgan fingerprint density at radius 1 is 1.05 bits per heavy atom. The fourth-order valence-electron chi connectivity index (χ4n) is 2.18. The number of amides is 1. The van der Waals surface area contributed by atoms with Crippen molar-refractivity contribution in [1.29, 1.82) is 0 Å². The average molecular weight is 338 g/mol. The predicted octanol–water partition coefficient (Wildman–Crippen LogP) is 3.69. The molecule has 0 fully saturated rings. The van der Waals surface area contributed by atoms with Gasteiger partial charge in [0.25, 0.3) is 5.91 Å². The van der Waals surface area contributed by atoms with Gasteiger partial charge < -0.3 is 14.8 Å². The molecule has 1 amide bonds. The summed E-state index contributed by atoms with van der Waals surface area (Å²) in [7, 11) is 0. The molecule has 1 aliphatic heterocycles. The summed E-state index contributed by atoms with van der Waals surface area (Å²) in [4.78, 5) is 12.2. The first-order chi connectivity index (χ1) is 10.6. The van der Waals surface area contributed by atoms with E-state index in [9.17, 15) is 4.79 Å². The second-order valence-electron chi connectivity index (χ2n) is 4.76. The zero-order chi connectivity index (χ0) is 15.5. The first kappa shape index (κ1) is 15.0. The van der Waals surface area contributed by atoms with Gasteiger partial charge >= 0.3 is 0 Å². The smallest absolute Gasteiger partial charge is 0.254 e. The van der Waals surface area contributed by atoms with E-state index in [4.69, 9.17) is 32.7 Å². The van der Waals surface area contributed by atoms with Crippen molar-refractivity contribution in [3.63, 3.8) is 0 Å². The average Bonchev–Trinajstić information content (AvgIpc) is 2.52. The number of rotatable bonds is 3. The zero-order valence-corrected chi connectivity index (χ0v) is 13.1. The SMILES string of the molecule is O=C(NCc1ccc2c(c1)OCCO2)c1c(Cl)cccc1Cl. The van der Waals surface area contributed by atoms with Crippen molar-refractivity contribution in [3.8, 4) is 11.5 Å². The topological polar surface area (TPSA) is 47.6 Å². The lowest BCUT2D eigenvalue weighted by Crippen LogP contribution is -2.23. The number of carbonyl (C=O) groups excluding carboxylic acids is 1.